The van der Waals surface area contributed by atoms with E-state index in [-0.39, 0.29) is 5.82 Å². The number of rotatable bonds is 4. The van der Waals surface area contributed by atoms with Crippen molar-refractivity contribution in [1.82, 2.24) is 9.78 Å². The summed E-state index contributed by atoms with van der Waals surface area (Å²) >= 11 is 3.30. The molecule has 1 heterocycles. The van der Waals surface area contributed by atoms with Crippen molar-refractivity contribution in [1.29, 1.82) is 0 Å². The average Bonchev–Trinajstić information content (AvgIpc) is 2.81. The van der Waals surface area contributed by atoms with Gasteiger partial charge in [-0.25, -0.2) is 4.39 Å². The molecule has 0 saturated carbocycles. The van der Waals surface area contributed by atoms with E-state index >= 15 is 0 Å². The zero-order chi connectivity index (χ0) is 13.1. The molecule has 0 amide bonds. The van der Waals surface area contributed by atoms with Crippen molar-refractivity contribution in [3.05, 3.63) is 52.0 Å². The zero-order valence-electron chi connectivity index (χ0n) is 9.98. The third-order valence-electron chi connectivity index (χ3n) is 2.79. The van der Waals surface area contributed by atoms with Crippen LogP contribution >= 0.6 is 15.9 Å². The number of hydrogen-bond donors (Lipinski definition) is 1. The van der Waals surface area contributed by atoms with Gasteiger partial charge in [-0.15, -0.1) is 0 Å². The van der Waals surface area contributed by atoms with Crippen LogP contribution in [-0.4, -0.2) is 14.9 Å². The van der Waals surface area contributed by atoms with Crippen LogP contribution in [0.3, 0.4) is 0 Å². The van der Waals surface area contributed by atoms with E-state index in [0.29, 0.717) is 10.9 Å². The maximum absolute atomic E-state index is 13.0. The molecular formula is C13H14BrFN2O. The van der Waals surface area contributed by atoms with Gasteiger partial charge >= 0.3 is 0 Å². The molecule has 1 aromatic carbocycles. The molecule has 0 aliphatic carbocycles. The van der Waals surface area contributed by atoms with Gasteiger partial charge in [0, 0.05) is 29.2 Å². The molecule has 2 rings (SSSR count). The molecule has 0 spiro atoms. The van der Waals surface area contributed by atoms with Crippen LogP contribution in [0.5, 0.6) is 0 Å². The molecule has 0 radical (unpaired) electrons. The number of aliphatic hydroxyl groups is 1. The Kier molecular flexibility index (Phi) is 4.14. The Bertz CT molecular complexity index is 542. The number of halogens is 2. The van der Waals surface area contributed by atoms with Crippen LogP contribution in [0.1, 0.15) is 24.2 Å². The van der Waals surface area contributed by atoms with E-state index in [2.05, 4.69) is 21.0 Å². The maximum Gasteiger partial charge on any atom is 0.124 e. The lowest BCUT2D eigenvalue weighted by molar-refractivity contribution is 0.178. The zero-order valence-corrected chi connectivity index (χ0v) is 11.6. The maximum atomic E-state index is 13.0. The third-order valence-corrected chi connectivity index (χ3v) is 3.53. The van der Waals surface area contributed by atoms with Gasteiger partial charge in [0.1, 0.15) is 5.82 Å². The van der Waals surface area contributed by atoms with Crippen molar-refractivity contribution in [3.8, 4) is 0 Å². The summed E-state index contributed by atoms with van der Waals surface area (Å²) in [6.07, 6.45) is 3.27. The number of aromatic nitrogens is 2. The number of aryl methyl sites for hydroxylation is 1. The Hall–Kier alpha value is -1.20. The summed E-state index contributed by atoms with van der Waals surface area (Å²) in [5.74, 6) is -0.293. The predicted octanol–water partition coefficient (Wildman–Crippen LogP) is 3.08. The largest absolute Gasteiger partial charge is 0.388 e. The number of benzene rings is 1. The quantitative estimate of drug-likeness (QED) is 0.942. The lowest BCUT2D eigenvalue weighted by Crippen LogP contribution is -2.02. The Morgan fingerprint density at radius 2 is 2.28 bits per heavy atom. The highest BCUT2D eigenvalue weighted by atomic mass is 79.9. The SMILES string of the molecule is CCn1cc(C(O)Cc2ccc(F)cc2Br)cn1. The number of hydrogen-bond acceptors (Lipinski definition) is 2. The van der Waals surface area contributed by atoms with Gasteiger partial charge in [0.15, 0.2) is 0 Å². The molecular weight excluding hydrogens is 299 g/mol. The van der Waals surface area contributed by atoms with E-state index in [0.717, 1.165) is 17.7 Å². The van der Waals surface area contributed by atoms with Crippen LogP contribution in [0.4, 0.5) is 4.39 Å². The van der Waals surface area contributed by atoms with Crippen LogP contribution in [-0.2, 0) is 13.0 Å². The Morgan fingerprint density at radius 3 is 2.89 bits per heavy atom. The minimum absolute atomic E-state index is 0.293. The molecule has 0 aliphatic heterocycles. The Morgan fingerprint density at radius 1 is 1.50 bits per heavy atom. The van der Waals surface area contributed by atoms with Crippen LogP contribution < -0.4 is 0 Å². The predicted molar refractivity (Wildman–Crippen MR) is 70.7 cm³/mol. The lowest BCUT2D eigenvalue weighted by Gasteiger charge is -2.10. The minimum atomic E-state index is -0.632. The van der Waals surface area contributed by atoms with Crippen LogP contribution in [0.15, 0.2) is 35.1 Å². The Balaban J connectivity index is 2.13. The fourth-order valence-electron chi connectivity index (χ4n) is 1.74. The standard InChI is InChI=1S/C13H14BrFN2O/c1-2-17-8-10(7-16-17)13(18)5-9-3-4-11(15)6-12(9)14/h3-4,6-8,13,18H,2,5H2,1H3. The first-order valence-corrected chi connectivity index (χ1v) is 6.53. The van der Waals surface area contributed by atoms with Crippen LogP contribution in [0.2, 0.25) is 0 Å². The minimum Gasteiger partial charge on any atom is -0.388 e. The van der Waals surface area contributed by atoms with Gasteiger partial charge in [0.25, 0.3) is 0 Å². The summed E-state index contributed by atoms with van der Waals surface area (Å²) < 4.78 is 15.4. The van der Waals surface area contributed by atoms with E-state index < -0.39 is 6.10 Å². The van der Waals surface area contributed by atoms with E-state index in [1.54, 1.807) is 16.9 Å². The molecule has 0 saturated heterocycles. The molecule has 0 bridgehead atoms. The van der Waals surface area contributed by atoms with Crippen LogP contribution in [0, 0.1) is 5.82 Å². The highest BCUT2D eigenvalue weighted by Crippen LogP contribution is 2.24. The normalized spacial score (nSPS) is 12.7. The van der Waals surface area contributed by atoms with E-state index in [9.17, 15) is 9.50 Å². The molecule has 1 aromatic heterocycles. The highest BCUT2D eigenvalue weighted by Gasteiger charge is 2.13. The van der Waals surface area contributed by atoms with Gasteiger partial charge in [0.05, 0.1) is 12.3 Å². The summed E-state index contributed by atoms with van der Waals surface area (Å²) in [5.41, 5.74) is 1.64. The van der Waals surface area contributed by atoms with Crippen molar-refractivity contribution < 1.29 is 9.50 Å². The van der Waals surface area contributed by atoms with E-state index in [1.165, 1.54) is 12.1 Å². The molecule has 3 nitrogen and oxygen atoms in total. The molecule has 18 heavy (non-hydrogen) atoms. The molecule has 2 aromatic rings. The van der Waals surface area contributed by atoms with Crippen molar-refractivity contribution >= 4 is 15.9 Å². The summed E-state index contributed by atoms with van der Waals surface area (Å²) in [6.45, 7) is 2.76. The second-order valence-corrected chi connectivity index (χ2v) is 4.94. The van der Waals surface area contributed by atoms with Gasteiger partial charge < -0.3 is 5.11 Å². The molecule has 0 aliphatic rings. The molecule has 96 valence electrons. The summed E-state index contributed by atoms with van der Waals surface area (Å²) in [5, 5.41) is 14.2. The second kappa shape index (κ2) is 5.63. The van der Waals surface area contributed by atoms with Crippen molar-refractivity contribution in [3.63, 3.8) is 0 Å². The molecule has 1 N–H and O–H groups in total. The first kappa shape index (κ1) is 13.2. The van der Waals surface area contributed by atoms with Gasteiger partial charge in [-0.2, -0.15) is 5.10 Å². The second-order valence-electron chi connectivity index (χ2n) is 4.09. The van der Waals surface area contributed by atoms with Crippen molar-refractivity contribution in [2.45, 2.75) is 26.0 Å². The van der Waals surface area contributed by atoms with E-state index in [1.807, 2.05) is 13.1 Å². The monoisotopic (exact) mass is 312 g/mol. The first-order valence-electron chi connectivity index (χ1n) is 5.74. The average molecular weight is 313 g/mol. The van der Waals surface area contributed by atoms with Gasteiger partial charge in [-0.1, -0.05) is 22.0 Å². The van der Waals surface area contributed by atoms with E-state index in [4.69, 9.17) is 0 Å². The topological polar surface area (TPSA) is 38.0 Å². The molecule has 5 heteroatoms. The number of nitrogens with zero attached hydrogens (tertiary/aromatic N) is 2. The fourth-order valence-corrected chi connectivity index (χ4v) is 2.25. The van der Waals surface area contributed by atoms with Gasteiger partial charge in [-0.05, 0) is 24.6 Å². The fraction of sp³-hybridized carbons (Fsp3) is 0.308. The number of aliphatic hydroxyl groups excluding tert-OH is 1. The summed E-state index contributed by atoms with van der Waals surface area (Å²) in [4.78, 5) is 0. The molecule has 1 atom stereocenters. The van der Waals surface area contributed by atoms with Gasteiger partial charge in [0.2, 0.25) is 0 Å². The third kappa shape index (κ3) is 2.97. The highest BCUT2D eigenvalue weighted by molar-refractivity contribution is 9.10. The molecule has 0 fully saturated rings. The molecule has 1 unspecified atom stereocenters. The van der Waals surface area contributed by atoms with Crippen molar-refractivity contribution in [2.24, 2.45) is 0 Å². The van der Waals surface area contributed by atoms with Crippen molar-refractivity contribution in [2.75, 3.05) is 0 Å². The van der Waals surface area contributed by atoms with Gasteiger partial charge in [-0.3, -0.25) is 4.68 Å². The summed E-state index contributed by atoms with van der Waals surface area (Å²) in [6, 6.07) is 4.46. The van der Waals surface area contributed by atoms with Crippen LogP contribution in [0.25, 0.3) is 0 Å². The summed E-state index contributed by atoms with van der Waals surface area (Å²) in [7, 11) is 0. The smallest absolute Gasteiger partial charge is 0.124 e. The lowest BCUT2D eigenvalue weighted by atomic mass is 10.0. The Labute approximate surface area is 113 Å². The first-order chi connectivity index (χ1) is 8.60.